The molecule has 2 N–H and O–H groups in total. The predicted octanol–water partition coefficient (Wildman–Crippen LogP) is 0.193. The molecule has 0 fully saturated rings. The first kappa shape index (κ1) is 10.6. The Balaban J connectivity index is 3.62. The fraction of sp³-hybridized carbons (Fsp3) is 0.556. The van der Waals surface area contributed by atoms with Gasteiger partial charge in [-0.15, -0.1) is 0 Å². The van der Waals surface area contributed by atoms with Crippen LogP contribution < -0.4 is 17.0 Å². The van der Waals surface area contributed by atoms with Gasteiger partial charge < -0.3 is 5.73 Å². The fourth-order valence-corrected chi connectivity index (χ4v) is 1.32. The zero-order chi connectivity index (χ0) is 10.9. The van der Waals surface area contributed by atoms with Crippen molar-refractivity contribution in [1.82, 2.24) is 9.13 Å². The predicted molar refractivity (Wildman–Crippen MR) is 55.4 cm³/mol. The number of nitrogens with zero attached hydrogens (tertiary/aromatic N) is 2. The Labute approximate surface area is 81.8 Å². The first-order valence-electron chi connectivity index (χ1n) is 4.60. The topological polar surface area (TPSA) is 70.0 Å². The Hall–Kier alpha value is -1.52. The molecule has 14 heavy (non-hydrogen) atoms. The van der Waals surface area contributed by atoms with E-state index in [2.05, 4.69) is 0 Å². The van der Waals surface area contributed by atoms with Crippen LogP contribution in [0.1, 0.15) is 26.8 Å². The highest BCUT2D eigenvalue weighted by molar-refractivity contribution is 5.31. The third-order valence-corrected chi connectivity index (χ3v) is 2.07. The van der Waals surface area contributed by atoms with Crippen LogP contribution in [0.25, 0.3) is 0 Å². The van der Waals surface area contributed by atoms with Gasteiger partial charge in [0.15, 0.2) is 0 Å². The van der Waals surface area contributed by atoms with E-state index >= 15 is 0 Å². The molecular weight excluding hydrogens is 182 g/mol. The molecule has 1 rings (SSSR count). The van der Waals surface area contributed by atoms with Gasteiger partial charge in [-0.1, -0.05) is 0 Å². The van der Waals surface area contributed by atoms with Gasteiger partial charge in [-0.2, -0.15) is 0 Å². The molecular formula is C9H15N3O2. The van der Waals surface area contributed by atoms with Crippen LogP contribution in [-0.2, 0) is 6.54 Å². The fourth-order valence-electron chi connectivity index (χ4n) is 1.32. The smallest absolute Gasteiger partial charge is 0.331 e. The van der Waals surface area contributed by atoms with Crippen LogP contribution in [0.4, 0.5) is 5.69 Å². The van der Waals surface area contributed by atoms with Gasteiger partial charge in [0.1, 0.15) is 5.69 Å². The number of aromatic nitrogens is 2. The van der Waals surface area contributed by atoms with E-state index in [4.69, 9.17) is 5.73 Å². The van der Waals surface area contributed by atoms with Crippen LogP contribution in [-0.4, -0.2) is 9.13 Å². The molecule has 5 heteroatoms. The molecule has 5 nitrogen and oxygen atoms in total. The van der Waals surface area contributed by atoms with Gasteiger partial charge in [-0.05, 0) is 20.8 Å². The Morgan fingerprint density at radius 3 is 2.43 bits per heavy atom. The molecule has 0 unspecified atom stereocenters. The molecule has 0 aliphatic rings. The summed E-state index contributed by atoms with van der Waals surface area (Å²) in [5.74, 6) is 0. The van der Waals surface area contributed by atoms with E-state index in [1.54, 1.807) is 13.8 Å². The summed E-state index contributed by atoms with van der Waals surface area (Å²) in [7, 11) is 0. The lowest BCUT2D eigenvalue weighted by Crippen LogP contribution is -2.41. The number of aryl methyl sites for hydroxylation is 1. The Morgan fingerprint density at radius 1 is 1.43 bits per heavy atom. The van der Waals surface area contributed by atoms with Crippen molar-refractivity contribution in [1.29, 1.82) is 0 Å². The van der Waals surface area contributed by atoms with E-state index in [1.165, 1.54) is 15.3 Å². The van der Waals surface area contributed by atoms with E-state index in [0.717, 1.165) is 0 Å². The van der Waals surface area contributed by atoms with Crippen molar-refractivity contribution < 1.29 is 0 Å². The summed E-state index contributed by atoms with van der Waals surface area (Å²) in [6.07, 6.45) is 1.39. The van der Waals surface area contributed by atoms with Crippen molar-refractivity contribution in [2.75, 3.05) is 5.73 Å². The van der Waals surface area contributed by atoms with Crippen LogP contribution in [0.5, 0.6) is 0 Å². The highest BCUT2D eigenvalue weighted by Gasteiger charge is 2.10. The minimum atomic E-state index is -0.408. The summed E-state index contributed by atoms with van der Waals surface area (Å²) in [6, 6.07) is -0.170. The van der Waals surface area contributed by atoms with Crippen LogP contribution >= 0.6 is 0 Å². The normalized spacial score (nSPS) is 10.9. The van der Waals surface area contributed by atoms with Crippen molar-refractivity contribution >= 4 is 5.69 Å². The maximum absolute atomic E-state index is 11.7. The van der Waals surface area contributed by atoms with E-state index in [9.17, 15) is 9.59 Å². The maximum atomic E-state index is 11.7. The summed E-state index contributed by atoms with van der Waals surface area (Å²) in [5, 5.41) is 0. The number of anilines is 1. The van der Waals surface area contributed by atoms with E-state index in [-0.39, 0.29) is 17.4 Å². The molecule has 0 spiro atoms. The van der Waals surface area contributed by atoms with Crippen LogP contribution in [0.2, 0.25) is 0 Å². The minimum absolute atomic E-state index is 0.111. The standard InChI is InChI=1S/C9H15N3O2/c1-4-11-5-7(10)8(13)12(6(2)3)9(11)14/h5-6H,4,10H2,1-3H3. The lowest BCUT2D eigenvalue weighted by molar-refractivity contribution is 0.510. The Morgan fingerprint density at radius 2 is 2.00 bits per heavy atom. The summed E-state index contributed by atoms with van der Waals surface area (Å²) >= 11 is 0. The third-order valence-electron chi connectivity index (χ3n) is 2.07. The summed E-state index contributed by atoms with van der Waals surface area (Å²) in [6.45, 7) is 5.90. The molecule has 0 amide bonds. The highest BCUT2D eigenvalue weighted by Crippen LogP contribution is 1.97. The largest absolute Gasteiger partial charge is 0.393 e. The number of hydrogen-bond donors (Lipinski definition) is 1. The van der Waals surface area contributed by atoms with Crippen LogP contribution in [0.15, 0.2) is 15.8 Å². The number of nitrogens with two attached hydrogens (primary N) is 1. The second-order valence-corrected chi connectivity index (χ2v) is 3.42. The van der Waals surface area contributed by atoms with Crippen molar-refractivity contribution in [3.8, 4) is 0 Å². The average molecular weight is 197 g/mol. The zero-order valence-electron chi connectivity index (χ0n) is 8.65. The molecule has 0 aliphatic carbocycles. The van der Waals surface area contributed by atoms with E-state index < -0.39 is 5.56 Å². The monoisotopic (exact) mass is 197 g/mol. The van der Waals surface area contributed by atoms with Crippen molar-refractivity contribution in [3.63, 3.8) is 0 Å². The molecule has 0 atom stereocenters. The van der Waals surface area contributed by atoms with Gasteiger partial charge >= 0.3 is 5.69 Å². The van der Waals surface area contributed by atoms with Gasteiger partial charge in [0.2, 0.25) is 0 Å². The van der Waals surface area contributed by atoms with Crippen molar-refractivity contribution in [2.24, 2.45) is 0 Å². The molecule has 0 aromatic carbocycles. The quantitative estimate of drug-likeness (QED) is 0.736. The third kappa shape index (κ3) is 1.57. The molecule has 0 saturated carbocycles. The van der Waals surface area contributed by atoms with Gasteiger partial charge in [0.05, 0.1) is 0 Å². The first-order chi connectivity index (χ1) is 6.49. The van der Waals surface area contributed by atoms with E-state index in [1.807, 2.05) is 6.92 Å². The zero-order valence-corrected chi connectivity index (χ0v) is 8.65. The van der Waals surface area contributed by atoms with E-state index in [0.29, 0.717) is 6.54 Å². The lowest BCUT2D eigenvalue weighted by Gasteiger charge is -2.12. The Kier molecular flexibility index (Phi) is 2.78. The summed E-state index contributed by atoms with van der Waals surface area (Å²) < 4.78 is 2.59. The molecule has 1 heterocycles. The Bertz CT molecular complexity index is 442. The van der Waals surface area contributed by atoms with Gasteiger partial charge in [0, 0.05) is 18.8 Å². The molecule has 1 aromatic rings. The number of nitrogen functional groups attached to an aromatic ring is 1. The second-order valence-electron chi connectivity index (χ2n) is 3.42. The number of rotatable bonds is 2. The first-order valence-corrected chi connectivity index (χ1v) is 4.60. The maximum Gasteiger partial charge on any atom is 0.331 e. The van der Waals surface area contributed by atoms with Gasteiger partial charge in [0.25, 0.3) is 5.56 Å². The van der Waals surface area contributed by atoms with Crippen LogP contribution in [0, 0.1) is 0 Å². The van der Waals surface area contributed by atoms with Crippen molar-refractivity contribution in [3.05, 3.63) is 27.0 Å². The molecule has 0 saturated heterocycles. The molecule has 0 aliphatic heterocycles. The average Bonchev–Trinajstić information content (AvgIpc) is 2.11. The van der Waals surface area contributed by atoms with Crippen LogP contribution in [0.3, 0.4) is 0 Å². The summed E-state index contributed by atoms with van der Waals surface area (Å²) in [5.41, 5.74) is 4.91. The molecule has 0 bridgehead atoms. The van der Waals surface area contributed by atoms with Crippen molar-refractivity contribution in [2.45, 2.75) is 33.4 Å². The lowest BCUT2D eigenvalue weighted by atomic mass is 10.3. The molecule has 0 radical (unpaired) electrons. The second kappa shape index (κ2) is 3.69. The SMILES string of the molecule is CCn1cc(N)c(=O)n(C(C)C)c1=O. The number of hydrogen-bond acceptors (Lipinski definition) is 3. The van der Waals surface area contributed by atoms with Gasteiger partial charge in [-0.25, -0.2) is 4.79 Å². The minimum Gasteiger partial charge on any atom is -0.393 e. The summed E-state index contributed by atoms with van der Waals surface area (Å²) in [4.78, 5) is 23.2. The highest BCUT2D eigenvalue weighted by atomic mass is 16.2. The molecule has 1 aromatic heterocycles. The van der Waals surface area contributed by atoms with Gasteiger partial charge in [-0.3, -0.25) is 13.9 Å². The molecule has 78 valence electrons.